The van der Waals surface area contributed by atoms with Crippen molar-refractivity contribution in [1.82, 2.24) is 10.3 Å². The molecule has 0 fully saturated rings. The number of aliphatic imine (C=N–C) groups is 1. The number of thiazole rings is 1. The monoisotopic (exact) mass is 441 g/mol. The molecule has 1 aliphatic heterocycles. The molecule has 5 nitrogen and oxygen atoms in total. The number of para-hydroxylation sites is 1. The molecule has 0 radical (unpaired) electrons. The molecule has 158 valence electrons. The van der Waals surface area contributed by atoms with E-state index in [0.717, 1.165) is 22.3 Å². The van der Waals surface area contributed by atoms with Crippen LogP contribution in [0.25, 0.3) is 10.2 Å². The van der Waals surface area contributed by atoms with Crippen molar-refractivity contribution in [3.05, 3.63) is 71.9 Å². The van der Waals surface area contributed by atoms with Gasteiger partial charge < -0.3 is 5.32 Å². The van der Waals surface area contributed by atoms with Crippen LogP contribution in [0.15, 0.2) is 65.8 Å². The second-order valence-electron chi connectivity index (χ2n) is 6.93. The predicted molar refractivity (Wildman–Crippen MR) is 116 cm³/mol. The molecule has 0 saturated heterocycles. The Balaban J connectivity index is 1.52. The van der Waals surface area contributed by atoms with Gasteiger partial charge in [-0.15, -0.1) is 0 Å². The van der Waals surface area contributed by atoms with Crippen LogP contribution in [0.3, 0.4) is 0 Å². The quantitative estimate of drug-likeness (QED) is 0.597. The predicted octanol–water partition coefficient (Wildman–Crippen LogP) is 5.12. The van der Waals surface area contributed by atoms with Crippen LogP contribution in [0.2, 0.25) is 0 Å². The molecule has 1 unspecified atom stereocenters. The van der Waals surface area contributed by atoms with E-state index in [4.69, 9.17) is 0 Å². The number of hydrogen-bond donors (Lipinski definition) is 1. The first-order valence-electron chi connectivity index (χ1n) is 9.62. The highest BCUT2D eigenvalue weighted by atomic mass is 32.1. The van der Waals surface area contributed by atoms with Crippen LogP contribution in [0, 0.1) is 11.3 Å². The van der Waals surface area contributed by atoms with Crippen molar-refractivity contribution in [1.29, 1.82) is 5.26 Å². The van der Waals surface area contributed by atoms with E-state index < -0.39 is 11.7 Å². The molecule has 2 heterocycles. The third kappa shape index (κ3) is 4.70. The molecule has 2 aromatic carbocycles. The second kappa shape index (κ2) is 8.78. The summed E-state index contributed by atoms with van der Waals surface area (Å²) in [6.07, 6.45) is -0.244. The number of alkyl halides is 3. The summed E-state index contributed by atoms with van der Waals surface area (Å²) in [5.41, 5.74) is 0.776. The molecule has 1 aromatic heterocycles. The van der Waals surface area contributed by atoms with Gasteiger partial charge in [-0.3, -0.25) is 4.90 Å². The summed E-state index contributed by atoms with van der Waals surface area (Å²) in [6, 6.07) is 15.0. The van der Waals surface area contributed by atoms with Gasteiger partial charge in [0.1, 0.15) is 0 Å². The Hall–Kier alpha value is -3.38. The van der Waals surface area contributed by atoms with E-state index in [0.29, 0.717) is 29.6 Å². The third-order valence-electron chi connectivity index (χ3n) is 4.81. The highest BCUT2D eigenvalue weighted by molar-refractivity contribution is 7.22. The number of nitrogens with one attached hydrogen (secondary N) is 1. The van der Waals surface area contributed by atoms with Gasteiger partial charge in [-0.05, 0) is 36.3 Å². The molecule has 9 heteroatoms. The molecule has 4 rings (SSSR count). The van der Waals surface area contributed by atoms with E-state index in [1.807, 2.05) is 35.2 Å². The van der Waals surface area contributed by atoms with Crippen LogP contribution in [0.5, 0.6) is 0 Å². The first-order valence-corrected chi connectivity index (χ1v) is 10.4. The minimum absolute atomic E-state index is 0.237. The van der Waals surface area contributed by atoms with E-state index in [2.05, 4.69) is 21.4 Å². The molecule has 3 aromatic rings. The number of anilines is 1. The Morgan fingerprint density at radius 1 is 1.16 bits per heavy atom. The van der Waals surface area contributed by atoms with Crippen LogP contribution < -0.4 is 10.2 Å². The summed E-state index contributed by atoms with van der Waals surface area (Å²) in [4.78, 5) is 11.0. The van der Waals surface area contributed by atoms with Crippen molar-refractivity contribution in [3.8, 4) is 6.07 Å². The van der Waals surface area contributed by atoms with E-state index >= 15 is 0 Å². The minimum atomic E-state index is -4.37. The van der Waals surface area contributed by atoms with Gasteiger partial charge in [0.25, 0.3) is 0 Å². The van der Waals surface area contributed by atoms with Gasteiger partial charge in [0, 0.05) is 12.7 Å². The fourth-order valence-electron chi connectivity index (χ4n) is 3.32. The molecule has 1 aliphatic rings. The van der Waals surface area contributed by atoms with Crippen LogP contribution >= 0.6 is 11.3 Å². The van der Waals surface area contributed by atoms with E-state index in [1.165, 1.54) is 17.4 Å². The van der Waals surface area contributed by atoms with E-state index in [1.54, 1.807) is 12.3 Å². The average Bonchev–Trinajstić information content (AvgIpc) is 3.17. The Bertz CT molecular complexity index is 1140. The molecule has 0 spiro atoms. The number of benzene rings is 2. The first-order chi connectivity index (χ1) is 15.0. The average molecular weight is 441 g/mol. The topological polar surface area (TPSA) is 64.3 Å². The maximum atomic E-state index is 12.9. The highest BCUT2D eigenvalue weighted by Crippen LogP contribution is 2.32. The SMILES string of the molecule is N#CCC1C=CN=C(NCCc2cccc(C(F)(F)F)c2)N1c1nc2ccccc2s1. The number of guanidine groups is 1. The molecular formula is C22H18F3N5S. The number of halogens is 3. The van der Waals surface area contributed by atoms with Gasteiger partial charge in [0.2, 0.25) is 5.96 Å². The number of rotatable bonds is 5. The lowest BCUT2D eigenvalue weighted by atomic mass is 10.1. The summed E-state index contributed by atoms with van der Waals surface area (Å²) in [5, 5.41) is 13.2. The van der Waals surface area contributed by atoms with Gasteiger partial charge in [0.05, 0.1) is 34.3 Å². The summed E-state index contributed by atoms with van der Waals surface area (Å²) < 4.78 is 39.8. The Morgan fingerprint density at radius 2 is 2.00 bits per heavy atom. The third-order valence-corrected chi connectivity index (χ3v) is 5.84. The van der Waals surface area contributed by atoms with Crippen molar-refractivity contribution in [3.63, 3.8) is 0 Å². The Kier molecular flexibility index (Phi) is 5.91. The van der Waals surface area contributed by atoms with Crippen molar-refractivity contribution in [2.45, 2.75) is 25.1 Å². The standard InChI is InChI=1S/C22H18F3N5S/c23-22(24,25)16-5-3-4-15(14-16)9-12-27-20-28-13-10-17(8-11-26)30(20)21-29-18-6-1-2-7-19(18)31-21/h1-7,10,13-14,17H,8-9,12H2,(H,27,28). The molecule has 1 N–H and O–H groups in total. The van der Waals surface area contributed by atoms with Crippen molar-refractivity contribution < 1.29 is 13.2 Å². The van der Waals surface area contributed by atoms with Crippen LogP contribution in [-0.4, -0.2) is 23.5 Å². The van der Waals surface area contributed by atoms with Crippen molar-refractivity contribution in [2.24, 2.45) is 4.99 Å². The summed E-state index contributed by atoms with van der Waals surface area (Å²) in [7, 11) is 0. The molecular weight excluding hydrogens is 423 g/mol. The summed E-state index contributed by atoms with van der Waals surface area (Å²) in [6.45, 7) is 0.384. The Labute approximate surface area is 181 Å². The van der Waals surface area contributed by atoms with Gasteiger partial charge in [-0.1, -0.05) is 41.7 Å². The highest BCUT2D eigenvalue weighted by Gasteiger charge is 2.30. The van der Waals surface area contributed by atoms with Crippen LogP contribution in [0.4, 0.5) is 18.3 Å². The zero-order valence-electron chi connectivity index (χ0n) is 16.3. The maximum absolute atomic E-state index is 12.9. The molecule has 0 saturated carbocycles. The van der Waals surface area contributed by atoms with Gasteiger partial charge in [0.15, 0.2) is 5.13 Å². The summed E-state index contributed by atoms with van der Waals surface area (Å²) in [5.74, 6) is 0.522. The number of nitrogens with zero attached hydrogens (tertiary/aromatic N) is 4. The van der Waals surface area contributed by atoms with Gasteiger partial charge in [-0.2, -0.15) is 18.4 Å². The normalized spacial score (nSPS) is 16.3. The lowest BCUT2D eigenvalue weighted by Gasteiger charge is -2.31. The van der Waals surface area contributed by atoms with E-state index in [9.17, 15) is 18.4 Å². The van der Waals surface area contributed by atoms with E-state index in [-0.39, 0.29) is 12.5 Å². The lowest BCUT2D eigenvalue weighted by Crippen LogP contribution is -2.48. The number of fused-ring (bicyclic) bond motifs is 1. The summed E-state index contributed by atoms with van der Waals surface area (Å²) >= 11 is 1.50. The molecule has 1 atom stereocenters. The fourth-order valence-corrected chi connectivity index (χ4v) is 4.35. The van der Waals surface area contributed by atoms with Crippen molar-refractivity contribution >= 4 is 32.6 Å². The molecule has 0 amide bonds. The smallest absolute Gasteiger partial charge is 0.355 e. The molecule has 31 heavy (non-hydrogen) atoms. The van der Waals surface area contributed by atoms with Gasteiger partial charge >= 0.3 is 6.18 Å². The lowest BCUT2D eigenvalue weighted by molar-refractivity contribution is -0.137. The number of nitriles is 1. The minimum Gasteiger partial charge on any atom is -0.355 e. The van der Waals surface area contributed by atoms with Crippen LogP contribution in [0.1, 0.15) is 17.5 Å². The van der Waals surface area contributed by atoms with Crippen LogP contribution in [-0.2, 0) is 12.6 Å². The number of aromatic nitrogens is 1. The zero-order valence-corrected chi connectivity index (χ0v) is 17.1. The second-order valence-corrected chi connectivity index (χ2v) is 7.94. The maximum Gasteiger partial charge on any atom is 0.416 e. The first kappa shape index (κ1) is 20.9. The largest absolute Gasteiger partial charge is 0.416 e. The molecule has 0 bridgehead atoms. The molecule has 0 aliphatic carbocycles. The Morgan fingerprint density at radius 3 is 2.77 bits per heavy atom. The van der Waals surface area contributed by atoms with Crippen molar-refractivity contribution in [2.75, 3.05) is 11.4 Å². The zero-order chi connectivity index (χ0) is 21.8. The fraction of sp³-hybridized carbons (Fsp3) is 0.227. The number of hydrogen-bond acceptors (Lipinski definition) is 6. The van der Waals surface area contributed by atoms with Gasteiger partial charge in [-0.25, -0.2) is 9.98 Å².